The van der Waals surface area contributed by atoms with Crippen LogP contribution in [0.3, 0.4) is 0 Å². The Bertz CT molecular complexity index is 192. The summed E-state index contributed by atoms with van der Waals surface area (Å²) in [6.45, 7) is 2.25. The van der Waals surface area contributed by atoms with E-state index < -0.39 is 0 Å². The molecule has 0 radical (unpaired) electrons. The molecule has 0 aromatic heterocycles. The van der Waals surface area contributed by atoms with Crippen LogP contribution >= 0.6 is 0 Å². The summed E-state index contributed by atoms with van der Waals surface area (Å²) in [6.07, 6.45) is 7.46. The zero-order valence-electron chi connectivity index (χ0n) is 8.55. The highest BCUT2D eigenvalue weighted by atomic mass is 16.3. The largest absolute Gasteiger partial charge is 0.390 e. The van der Waals surface area contributed by atoms with Gasteiger partial charge in [0.05, 0.1) is 5.60 Å². The lowest BCUT2D eigenvalue weighted by atomic mass is 9.65. The van der Waals surface area contributed by atoms with Gasteiger partial charge in [-0.1, -0.05) is 6.92 Å². The molecule has 2 aliphatic rings. The minimum Gasteiger partial charge on any atom is -0.390 e. The van der Waals surface area contributed by atoms with Gasteiger partial charge in [-0.25, -0.2) is 0 Å². The molecule has 13 heavy (non-hydrogen) atoms. The molecule has 0 unspecified atom stereocenters. The lowest BCUT2D eigenvalue weighted by Crippen LogP contribution is -2.52. The smallest absolute Gasteiger partial charge is 0.0648 e. The molecule has 2 aliphatic carbocycles. The Labute approximate surface area is 80.5 Å². The molecule has 0 bridgehead atoms. The average Bonchev–Trinajstić information content (AvgIpc) is 1.95. The van der Waals surface area contributed by atoms with Crippen molar-refractivity contribution in [1.29, 1.82) is 0 Å². The molecule has 0 aromatic carbocycles. The zero-order chi connectivity index (χ0) is 9.53. The quantitative estimate of drug-likeness (QED) is 0.701. The van der Waals surface area contributed by atoms with Gasteiger partial charge in [0.25, 0.3) is 0 Å². The van der Waals surface area contributed by atoms with E-state index in [1.165, 1.54) is 6.42 Å². The molecular weight excluding hydrogens is 162 g/mol. The van der Waals surface area contributed by atoms with Gasteiger partial charge in [0.15, 0.2) is 0 Å². The molecule has 3 N–H and O–H groups in total. The molecule has 0 heterocycles. The molecule has 0 amide bonds. The standard InChI is InChI=1S/C11H21NO/c1-9-7-10(12,8-9)5-6-11(13)3-2-4-11/h9,13H,2-8,12H2,1H3. The second kappa shape index (κ2) is 2.96. The highest BCUT2D eigenvalue weighted by Crippen LogP contribution is 2.43. The third-order valence-corrected chi connectivity index (χ3v) is 3.88. The minimum absolute atomic E-state index is 0.0741. The lowest BCUT2D eigenvalue weighted by Gasteiger charge is -2.46. The summed E-state index contributed by atoms with van der Waals surface area (Å²) in [6, 6.07) is 0. The molecular formula is C11H21NO. The Morgan fingerprint density at radius 1 is 1.31 bits per heavy atom. The van der Waals surface area contributed by atoms with E-state index in [-0.39, 0.29) is 11.1 Å². The number of hydrogen-bond donors (Lipinski definition) is 2. The van der Waals surface area contributed by atoms with E-state index in [9.17, 15) is 5.11 Å². The monoisotopic (exact) mass is 183 g/mol. The molecule has 2 saturated carbocycles. The molecule has 0 saturated heterocycles. The van der Waals surface area contributed by atoms with Crippen LogP contribution in [0.15, 0.2) is 0 Å². The Balaban J connectivity index is 1.73. The van der Waals surface area contributed by atoms with E-state index in [1.54, 1.807) is 0 Å². The fourth-order valence-electron chi connectivity index (χ4n) is 2.85. The van der Waals surface area contributed by atoms with Crippen LogP contribution in [0.25, 0.3) is 0 Å². The van der Waals surface area contributed by atoms with Crippen LogP contribution < -0.4 is 5.73 Å². The highest BCUT2D eigenvalue weighted by Gasteiger charge is 2.42. The van der Waals surface area contributed by atoms with Gasteiger partial charge in [-0.2, -0.15) is 0 Å². The molecule has 0 atom stereocenters. The highest BCUT2D eigenvalue weighted by molar-refractivity contribution is 4.99. The van der Waals surface area contributed by atoms with E-state index >= 15 is 0 Å². The van der Waals surface area contributed by atoms with E-state index in [0.29, 0.717) is 0 Å². The number of rotatable bonds is 3. The molecule has 2 heteroatoms. The maximum absolute atomic E-state index is 9.90. The molecule has 0 aliphatic heterocycles. The van der Waals surface area contributed by atoms with Crippen molar-refractivity contribution in [2.45, 2.75) is 63.0 Å². The van der Waals surface area contributed by atoms with Crippen molar-refractivity contribution in [1.82, 2.24) is 0 Å². The summed E-state index contributed by atoms with van der Waals surface area (Å²) in [5.74, 6) is 0.807. The molecule has 0 spiro atoms. The van der Waals surface area contributed by atoms with Crippen LogP contribution in [0.1, 0.15) is 51.9 Å². The normalized spacial score (nSPS) is 42.2. The topological polar surface area (TPSA) is 46.2 Å². The second-order valence-electron chi connectivity index (χ2n) is 5.45. The molecule has 2 fully saturated rings. The summed E-state index contributed by atoms with van der Waals surface area (Å²) in [4.78, 5) is 0. The van der Waals surface area contributed by atoms with Gasteiger partial charge >= 0.3 is 0 Å². The maximum atomic E-state index is 9.90. The fraction of sp³-hybridized carbons (Fsp3) is 1.00. The summed E-state index contributed by atoms with van der Waals surface area (Å²) < 4.78 is 0. The zero-order valence-corrected chi connectivity index (χ0v) is 8.55. The first-order valence-corrected chi connectivity index (χ1v) is 5.53. The Morgan fingerprint density at radius 3 is 2.31 bits per heavy atom. The van der Waals surface area contributed by atoms with Crippen molar-refractivity contribution in [3.63, 3.8) is 0 Å². The third kappa shape index (κ3) is 1.89. The van der Waals surface area contributed by atoms with E-state index in [0.717, 1.165) is 44.4 Å². The fourth-order valence-corrected chi connectivity index (χ4v) is 2.85. The number of nitrogens with two attached hydrogens (primary N) is 1. The first-order valence-electron chi connectivity index (χ1n) is 5.53. The van der Waals surface area contributed by atoms with Crippen molar-refractivity contribution in [3.05, 3.63) is 0 Å². The van der Waals surface area contributed by atoms with Crippen LogP contribution in [-0.2, 0) is 0 Å². The molecule has 0 aromatic rings. The number of aliphatic hydroxyl groups is 1. The molecule has 2 rings (SSSR count). The van der Waals surface area contributed by atoms with Gasteiger partial charge in [0, 0.05) is 5.54 Å². The van der Waals surface area contributed by atoms with Gasteiger partial charge in [0.1, 0.15) is 0 Å². The van der Waals surface area contributed by atoms with E-state index in [2.05, 4.69) is 6.92 Å². The summed E-state index contributed by atoms with van der Waals surface area (Å²) in [7, 11) is 0. The van der Waals surface area contributed by atoms with E-state index in [4.69, 9.17) is 5.73 Å². The third-order valence-electron chi connectivity index (χ3n) is 3.88. The SMILES string of the molecule is CC1CC(N)(CCC2(O)CCC2)C1. The predicted molar refractivity (Wildman–Crippen MR) is 53.4 cm³/mol. The van der Waals surface area contributed by atoms with Gasteiger partial charge in [-0.05, 0) is 50.9 Å². The second-order valence-corrected chi connectivity index (χ2v) is 5.45. The Kier molecular flexibility index (Phi) is 2.16. The molecule has 76 valence electrons. The number of hydrogen-bond acceptors (Lipinski definition) is 2. The van der Waals surface area contributed by atoms with Crippen molar-refractivity contribution in [2.75, 3.05) is 0 Å². The van der Waals surface area contributed by atoms with Crippen LogP contribution in [0, 0.1) is 5.92 Å². The lowest BCUT2D eigenvalue weighted by molar-refractivity contribution is -0.0509. The van der Waals surface area contributed by atoms with Crippen LogP contribution in [0.5, 0.6) is 0 Å². The van der Waals surface area contributed by atoms with Crippen molar-refractivity contribution < 1.29 is 5.11 Å². The van der Waals surface area contributed by atoms with Crippen molar-refractivity contribution in [3.8, 4) is 0 Å². The average molecular weight is 183 g/mol. The van der Waals surface area contributed by atoms with Gasteiger partial charge in [-0.3, -0.25) is 0 Å². The van der Waals surface area contributed by atoms with Crippen LogP contribution in [0.4, 0.5) is 0 Å². The molecule has 2 nitrogen and oxygen atoms in total. The van der Waals surface area contributed by atoms with Crippen LogP contribution in [-0.4, -0.2) is 16.2 Å². The van der Waals surface area contributed by atoms with Gasteiger partial charge in [-0.15, -0.1) is 0 Å². The predicted octanol–water partition coefficient (Wildman–Crippen LogP) is 1.81. The Morgan fingerprint density at radius 2 is 1.92 bits per heavy atom. The first-order chi connectivity index (χ1) is 6.02. The van der Waals surface area contributed by atoms with Crippen LogP contribution in [0.2, 0.25) is 0 Å². The van der Waals surface area contributed by atoms with E-state index in [1.807, 2.05) is 0 Å². The summed E-state index contributed by atoms with van der Waals surface area (Å²) >= 11 is 0. The Hall–Kier alpha value is -0.0800. The van der Waals surface area contributed by atoms with Gasteiger partial charge < -0.3 is 10.8 Å². The summed E-state index contributed by atoms with van der Waals surface area (Å²) in [5.41, 5.74) is 5.91. The van der Waals surface area contributed by atoms with Crippen molar-refractivity contribution >= 4 is 0 Å². The minimum atomic E-state index is -0.328. The first kappa shape index (κ1) is 9.47. The van der Waals surface area contributed by atoms with Crippen molar-refractivity contribution in [2.24, 2.45) is 11.7 Å². The maximum Gasteiger partial charge on any atom is 0.0648 e. The summed E-state index contributed by atoms with van der Waals surface area (Å²) in [5, 5.41) is 9.90. The van der Waals surface area contributed by atoms with Gasteiger partial charge in [0.2, 0.25) is 0 Å².